The van der Waals surface area contributed by atoms with Crippen LogP contribution in [0.25, 0.3) is 0 Å². The summed E-state index contributed by atoms with van der Waals surface area (Å²) in [5.41, 5.74) is 2.58. The van der Waals surface area contributed by atoms with Gasteiger partial charge in [-0.05, 0) is 49.0 Å². The van der Waals surface area contributed by atoms with Crippen molar-refractivity contribution >= 4 is 17.4 Å². The van der Waals surface area contributed by atoms with Crippen LogP contribution in [0.15, 0.2) is 67.0 Å². The van der Waals surface area contributed by atoms with Gasteiger partial charge >= 0.3 is 0 Å². The lowest BCUT2D eigenvalue weighted by Crippen LogP contribution is -2.46. The Bertz CT molecular complexity index is 1010. The number of nitrogens with zero attached hydrogens (tertiary/aromatic N) is 4. The Morgan fingerprint density at radius 3 is 2.75 bits per heavy atom. The van der Waals surface area contributed by atoms with Crippen molar-refractivity contribution in [1.82, 2.24) is 19.8 Å². The Morgan fingerprint density at radius 1 is 1.19 bits per heavy atom. The molecule has 1 aliphatic heterocycles. The van der Waals surface area contributed by atoms with Crippen LogP contribution in [0.3, 0.4) is 0 Å². The van der Waals surface area contributed by atoms with E-state index in [0.717, 1.165) is 22.8 Å². The predicted octanol–water partition coefficient (Wildman–Crippen LogP) is 3.39. The molecule has 3 heterocycles. The number of carbonyl (C=O) groups excluding carboxylic acids is 1. The third-order valence-corrected chi connectivity index (χ3v) is 5.24. The summed E-state index contributed by atoms with van der Waals surface area (Å²) in [5, 5.41) is 3.20. The summed E-state index contributed by atoms with van der Waals surface area (Å²) in [6.07, 6.45) is 3.20. The number of hydrogen-bond donors (Lipinski definition) is 1. The molecule has 1 aliphatic rings. The molecule has 1 atom stereocenters. The summed E-state index contributed by atoms with van der Waals surface area (Å²) in [6.45, 7) is 2.34. The van der Waals surface area contributed by atoms with Crippen molar-refractivity contribution in [3.63, 3.8) is 0 Å². The summed E-state index contributed by atoms with van der Waals surface area (Å²) < 4.78 is 19.0. The predicted molar refractivity (Wildman–Crippen MR) is 120 cm³/mol. The lowest BCUT2D eigenvalue weighted by molar-refractivity contribution is -0.140. The van der Waals surface area contributed by atoms with Crippen LogP contribution in [0.1, 0.15) is 17.4 Å². The van der Waals surface area contributed by atoms with Crippen molar-refractivity contribution in [1.29, 1.82) is 0 Å². The van der Waals surface area contributed by atoms with E-state index in [0.29, 0.717) is 26.2 Å². The third kappa shape index (κ3) is 5.87. The molecular weight excluding hydrogens is 409 g/mol. The van der Waals surface area contributed by atoms with Gasteiger partial charge in [0.15, 0.2) is 0 Å². The Kier molecular flexibility index (Phi) is 7.03. The van der Waals surface area contributed by atoms with Gasteiger partial charge in [0.25, 0.3) is 0 Å². The molecule has 0 aliphatic carbocycles. The molecule has 4 rings (SSSR count). The molecule has 1 saturated heterocycles. The van der Waals surface area contributed by atoms with Gasteiger partial charge in [-0.15, -0.1) is 0 Å². The van der Waals surface area contributed by atoms with Gasteiger partial charge in [0, 0.05) is 19.3 Å². The molecule has 0 spiro atoms. The van der Waals surface area contributed by atoms with Crippen LogP contribution in [0, 0.1) is 5.82 Å². The SMILES string of the molecule is CN(CC(=O)N1CCO[C@H](c2ccc(Nc3ccccn3)cn2)C1)Cc1ccc(F)cc1. The molecule has 1 fully saturated rings. The van der Waals surface area contributed by atoms with Gasteiger partial charge in [0.1, 0.15) is 17.7 Å². The number of nitrogens with one attached hydrogen (secondary N) is 1. The van der Waals surface area contributed by atoms with Gasteiger partial charge in [-0.3, -0.25) is 14.7 Å². The first-order valence-corrected chi connectivity index (χ1v) is 10.5. The maximum atomic E-state index is 13.1. The largest absolute Gasteiger partial charge is 0.368 e. The zero-order chi connectivity index (χ0) is 22.3. The van der Waals surface area contributed by atoms with Crippen LogP contribution in [0.2, 0.25) is 0 Å². The van der Waals surface area contributed by atoms with E-state index in [1.165, 1.54) is 12.1 Å². The first kappa shape index (κ1) is 21.9. The standard InChI is InChI=1S/C24H26FN5O2/c1-29(15-18-5-7-19(25)8-6-18)17-24(31)30-12-13-32-22(16-30)21-10-9-20(14-27-21)28-23-4-2-3-11-26-23/h2-11,14,22H,12-13,15-17H2,1H3,(H,26,28)/t22-/m0/s1. The number of anilines is 2. The molecule has 32 heavy (non-hydrogen) atoms. The van der Waals surface area contributed by atoms with Gasteiger partial charge in [-0.25, -0.2) is 9.37 Å². The molecule has 1 N–H and O–H groups in total. The number of rotatable bonds is 7. The molecule has 3 aromatic rings. The molecule has 7 nitrogen and oxygen atoms in total. The van der Waals surface area contributed by atoms with Crippen LogP contribution >= 0.6 is 0 Å². The monoisotopic (exact) mass is 435 g/mol. The topological polar surface area (TPSA) is 70.6 Å². The quantitative estimate of drug-likeness (QED) is 0.614. The normalized spacial score (nSPS) is 16.2. The maximum Gasteiger partial charge on any atom is 0.236 e. The van der Waals surface area contributed by atoms with Crippen LogP contribution in [-0.4, -0.2) is 59.0 Å². The van der Waals surface area contributed by atoms with Crippen LogP contribution < -0.4 is 5.32 Å². The lowest BCUT2D eigenvalue weighted by Gasteiger charge is -2.33. The molecule has 2 aromatic heterocycles. The summed E-state index contributed by atoms with van der Waals surface area (Å²) in [7, 11) is 1.88. The number of ether oxygens (including phenoxy) is 1. The fourth-order valence-corrected chi connectivity index (χ4v) is 3.60. The number of likely N-dealkylation sites (N-methyl/N-ethyl adjacent to an activating group) is 1. The van der Waals surface area contributed by atoms with Crippen LogP contribution in [-0.2, 0) is 16.1 Å². The molecule has 0 saturated carbocycles. The van der Waals surface area contributed by atoms with Crippen molar-refractivity contribution in [3.05, 3.63) is 84.1 Å². The van der Waals surface area contributed by atoms with E-state index >= 15 is 0 Å². The smallest absolute Gasteiger partial charge is 0.236 e. The van der Waals surface area contributed by atoms with Crippen molar-refractivity contribution in [3.8, 4) is 0 Å². The molecule has 1 amide bonds. The number of benzene rings is 1. The molecule has 0 bridgehead atoms. The second kappa shape index (κ2) is 10.3. The number of pyridine rings is 2. The van der Waals surface area contributed by atoms with Gasteiger partial charge < -0.3 is 15.0 Å². The maximum absolute atomic E-state index is 13.1. The number of amides is 1. The van der Waals surface area contributed by atoms with Gasteiger partial charge in [-0.2, -0.15) is 0 Å². The molecule has 0 unspecified atom stereocenters. The van der Waals surface area contributed by atoms with E-state index in [-0.39, 0.29) is 24.4 Å². The molecule has 166 valence electrons. The minimum atomic E-state index is -0.265. The Hall–Kier alpha value is -3.36. The van der Waals surface area contributed by atoms with E-state index in [1.54, 1.807) is 24.5 Å². The Balaban J connectivity index is 1.31. The minimum Gasteiger partial charge on any atom is -0.368 e. The first-order chi connectivity index (χ1) is 15.6. The van der Waals surface area contributed by atoms with Gasteiger partial charge in [-0.1, -0.05) is 18.2 Å². The summed E-state index contributed by atoms with van der Waals surface area (Å²) in [5.74, 6) is 0.523. The molecule has 1 aromatic carbocycles. The van der Waals surface area contributed by atoms with Gasteiger partial charge in [0.05, 0.1) is 37.3 Å². The van der Waals surface area contributed by atoms with E-state index in [4.69, 9.17) is 4.74 Å². The van der Waals surface area contributed by atoms with E-state index in [9.17, 15) is 9.18 Å². The summed E-state index contributed by atoms with van der Waals surface area (Å²) in [4.78, 5) is 25.3. The highest BCUT2D eigenvalue weighted by atomic mass is 19.1. The van der Waals surface area contributed by atoms with E-state index in [1.807, 2.05) is 47.2 Å². The second-order valence-electron chi connectivity index (χ2n) is 7.81. The van der Waals surface area contributed by atoms with Crippen LogP contribution in [0.4, 0.5) is 15.9 Å². The van der Waals surface area contributed by atoms with Crippen molar-refractivity contribution in [2.24, 2.45) is 0 Å². The Labute approximate surface area is 186 Å². The van der Waals surface area contributed by atoms with Crippen LogP contribution in [0.5, 0.6) is 0 Å². The first-order valence-electron chi connectivity index (χ1n) is 10.5. The average molecular weight is 436 g/mol. The fraction of sp³-hybridized carbons (Fsp3) is 0.292. The summed E-state index contributed by atoms with van der Waals surface area (Å²) >= 11 is 0. The van der Waals surface area contributed by atoms with E-state index < -0.39 is 0 Å². The van der Waals surface area contributed by atoms with E-state index in [2.05, 4.69) is 15.3 Å². The molecular formula is C24H26FN5O2. The third-order valence-electron chi connectivity index (χ3n) is 5.24. The molecule has 0 radical (unpaired) electrons. The average Bonchev–Trinajstić information content (AvgIpc) is 2.82. The highest BCUT2D eigenvalue weighted by Crippen LogP contribution is 2.23. The van der Waals surface area contributed by atoms with Crippen molar-refractivity contribution < 1.29 is 13.9 Å². The highest BCUT2D eigenvalue weighted by molar-refractivity contribution is 5.78. The van der Waals surface area contributed by atoms with Gasteiger partial charge in [0.2, 0.25) is 5.91 Å². The van der Waals surface area contributed by atoms with Crippen molar-refractivity contribution in [2.75, 3.05) is 38.6 Å². The van der Waals surface area contributed by atoms with Crippen molar-refractivity contribution in [2.45, 2.75) is 12.6 Å². The number of hydrogen-bond acceptors (Lipinski definition) is 6. The zero-order valence-electron chi connectivity index (χ0n) is 17.9. The Morgan fingerprint density at radius 2 is 2.03 bits per heavy atom. The number of carbonyl (C=O) groups is 1. The zero-order valence-corrected chi connectivity index (χ0v) is 17.9. The fourth-order valence-electron chi connectivity index (χ4n) is 3.60. The number of aromatic nitrogens is 2. The molecule has 8 heteroatoms. The summed E-state index contributed by atoms with van der Waals surface area (Å²) in [6, 6.07) is 15.8. The minimum absolute atomic E-state index is 0.0383. The highest BCUT2D eigenvalue weighted by Gasteiger charge is 2.26. The second-order valence-corrected chi connectivity index (χ2v) is 7.81. The number of halogens is 1. The number of morpholine rings is 1. The lowest BCUT2D eigenvalue weighted by atomic mass is 10.1.